The Morgan fingerprint density at radius 2 is 0.649 bits per heavy atom. The molecular formula is C56H39N. The Labute approximate surface area is 334 Å². The highest BCUT2D eigenvalue weighted by Gasteiger charge is 2.16. The monoisotopic (exact) mass is 725 g/mol. The van der Waals surface area contributed by atoms with E-state index in [2.05, 4.69) is 241 Å². The number of benzene rings is 10. The van der Waals surface area contributed by atoms with E-state index in [-0.39, 0.29) is 0 Å². The fourth-order valence-corrected chi connectivity index (χ4v) is 8.15. The van der Waals surface area contributed by atoms with Crippen LogP contribution < -0.4 is 4.90 Å². The van der Waals surface area contributed by atoms with Crippen LogP contribution in [0.15, 0.2) is 237 Å². The first-order valence-corrected chi connectivity index (χ1v) is 19.6. The molecule has 0 saturated carbocycles. The van der Waals surface area contributed by atoms with E-state index in [1.54, 1.807) is 0 Å². The Hall–Kier alpha value is -7.48. The normalized spacial score (nSPS) is 11.2. The highest BCUT2D eigenvalue weighted by Crippen LogP contribution is 2.41. The van der Waals surface area contributed by atoms with E-state index in [0.29, 0.717) is 0 Å². The molecule has 1 heteroatoms. The standard InChI is InChI=1S/C56H39N/c1-3-12-40(13-4-1)43-24-31-51(32-25-43)57(52-33-26-44(27-34-52)41-14-5-2-6-15-41)53-35-28-45(29-36-53)48-19-11-20-49(38-48)55-37-30-46-17-9-10-21-54(46)56(55)50-23-22-42-16-7-8-18-47(42)39-50/h1-39H. The van der Waals surface area contributed by atoms with Crippen LogP contribution >= 0.6 is 0 Å². The zero-order valence-electron chi connectivity index (χ0n) is 31.5. The second-order valence-electron chi connectivity index (χ2n) is 14.6. The van der Waals surface area contributed by atoms with Gasteiger partial charge in [-0.05, 0) is 126 Å². The Morgan fingerprint density at radius 3 is 1.25 bits per heavy atom. The van der Waals surface area contributed by atoms with Gasteiger partial charge in [-0.25, -0.2) is 0 Å². The molecular weight excluding hydrogens is 687 g/mol. The largest absolute Gasteiger partial charge is 0.311 e. The maximum Gasteiger partial charge on any atom is 0.0462 e. The van der Waals surface area contributed by atoms with E-state index >= 15 is 0 Å². The van der Waals surface area contributed by atoms with Crippen molar-refractivity contribution in [1.82, 2.24) is 0 Å². The molecule has 10 aromatic carbocycles. The van der Waals surface area contributed by atoms with Crippen LogP contribution in [0.1, 0.15) is 0 Å². The fraction of sp³-hybridized carbons (Fsp3) is 0. The first-order valence-electron chi connectivity index (χ1n) is 19.6. The molecule has 268 valence electrons. The molecule has 0 unspecified atom stereocenters. The van der Waals surface area contributed by atoms with E-state index < -0.39 is 0 Å². The molecule has 0 fully saturated rings. The molecule has 0 heterocycles. The van der Waals surface area contributed by atoms with Crippen molar-refractivity contribution in [2.45, 2.75) is 0 Å². The minimum Gasteiger partial charge on any atom is -0.311 e. The topological polar surface area (TPSA) is 3.24 Å². The van der Waals surface area contributed by atoms with Crippen molar-refractivity contribution >= 4 is 38.6 Å². The van der Waals surface area contributed by atoms with Crippen LogP contribution in [0.2, 0.25) is 0 Å². The van der Waals surface area contributed by atoms with Gasteiger partial charge in [0.05, 0.1) is 0 Å². The van der Waals surface area contributed by atoms with Gasteiger partial charge in [-0.15, -0.1) is 0 Å². The third kappa shape index (κ3) is 6.77. The van der Waals surface area contributed by atoms with Gasteiger partial charge in [0.2, 0.25) is 0 Å². The number of hydrogen-bond donors (Lipinski definition) is 0. The average molecular weight is 726 g/mol. The first kappa shape index (κ1) is 34.0. The Morgan fingerprint density at radius 1 is 0.228 bits per heavy atom. The fourth-order valence-electron chi connectivity index (χ4n) is 8.15. The van der Waals surface area contributed by atoms with Crippen LogP contribution in [-0.4, -0.2) is 0 Å². The lowest BCUT2D eigenvalue weighted by Crippen LogP contribution is -2.09. The van der Waals surface area contributed by atoms with Gasteiger partial charge in [-0.1, -0.05) is 188 Å². The van der Waals surface area contributed by atoms with E-state index in [1.807, 2.05) is 0 Å². The van der Waals surface area contributed by atoms with Crippen LogP contribution in [0.3, 0.4) is 0 Å². The number of nitrogens with zero attached hydrogens (tertiary/aromatic N) is 1. The molecule has 57 heavy (non-hydrogen) atoms. The summed E-state index contributed by atoms with van der Waals surface area (Å²) >= 11 is 0. The highest BCUT2D eigenvalue weighted by molar-refractivity contribution is 6.06. The minimum absolute atomic E-state index is 1.10. The second kappa shape index (κ2) is 15.0. The summed E-state index contributed by atoms with van der Waals surface area (Å²) in [5.41, 5.74) is 15.4. The van der Waals surface area contributed by atoms with Gasteiger partial charge >= 0.3 is 0 Å². The van der Waals surface area contributed by atoms with Gasteiger partial charge in [0.1, 0.15) is 0 Å². The van der Waals surface area contributed by atoms with Crippen LogP contribution in [-0.2, 0) is 0 Å². The van der Waals surface area contributed by atoms with E-state index in [9.17, 15) is 0 Å². The smallest absolute Gasteiger partial charge is 0.0462 e. The summed E-state index contributed by atoms with van der Waals surface area (Å²) in [6.07, 6.45) is 0. The molecule has 0 aliphatic heterocycles. The van der Waals surface area contributed by atoms with Gasteiger partial charge in [0.15, 0.2) is 0 Å². The third-order valence-electron chi connectivity index (χ3n) is 11.1. The summed E-state index contributed by atoms with van der Waals surface area (Å²) in [6.45, 7) is 0. The lowest BCUT2D eigenvalue weighted by Gasteiger charge is -2.26. The Kier molecular flexibility index (Phi) is 8.95. The summed E-state index contributed by atoms with van der Waals surface area (Å²) in [5, 5.41) is 5.00. The van der Waals surface area contributed by atoms with Crippen molar-refractivity contribution in [2.75, 3.05) is 4.90 Å². The zero-order chi connectivity index (χ0) is 38.0. The minimum atomic E-state index is 1.10. The predicted molar refractivity (Wildman–Crippen MR) is 243 cm³/mol. The number of fused-ring (bicyclic) bond motifs is 2. The quantitative estimate of drug-likeness (QED) is 0.151. The number of anilines is 3. The molecule has 10 aromatic rings. The van der Waals surface area contributed by atoms with Gasteiger partial charge < -0.3 is 4.90 Å². The molecule has 0 aliphatic carbocycles. The molecule has 0 aromatic heterocycles. The van der Waals surface area contributed by atoms with Gasteiger partial charge in [-0.3, -0.25) is 0 Å². The molecule has 0 bridgehead atoms. The van der Waals surface area contributed by atoms with Gasteiger partial charge in [-0.2, -0.15) is 0 Å². The lowest BCUT2D eigenvalue weighted by molar-refractivity contribution is 1.28. The van der Waals surface area contributed by atoms with Gasteiger partial charge in [0, 0.05) is 17.1 Å². The van der Waals surface area contributed by atoms with Crippen molar-refractivity contribution in [3.05, 3.63) is 237 Å². The molecule has 0 amide bonds. The highest BCUT2D eigenvalue weighted by atomic mass is 15.1. The van der Waals surface area contributed by atoms with Gasteiger partial charge in [0.25, 0.3) is 0 Å². The van der Waals surface area contributed by atoms with Crippen LogP contribution in [0.25, 0.3) is 77.2 Å². The number of rotatable bonds is 8. The molecule has 0 aliphatic rings. The SMILES string of the molecule is c1ccc(-c2ccc(N(c3ccc(-c4ccccc4)cc3)c3ccc(-c4cccc(-c5ccc6ccccc6c5-c5ccc6ccccc6c5)c4)cc3)cc2)cc1. The summed E-state index contributed by atoms with van der Waals surface area (Å²) in [4.78, 5) is 2.34. The van der Waals surface area contributed by atoms with Crippen molar-refractivity contribution in [1.29, 1.82) is 0 Å². The molecule has 0 N–H and O–H groups in total. The van der Waals surface area contributed by atoms with Crippen molar-refractivity contribution in [3.63, 3.8) is 0 Å². The summed E-state index contributed by atoms with van der Waals surface area (Å²) in [6, 6.07) is 85.6. The summed E-state index contributed by atoms with van der Waals surface area (Å²) < 4.78 is 0. The van der Waals surface area contributed by atoms with E-state index in [0.717, 1.165) is 17.1 Å². The molecule has 1 nitrogen and oxygen atoms in total. The van der Waals surface area contributed by atoms with E-state index in [4.69, 9.17) is 0 Å². The van der Waals surface area contributed by atoms with Crippen LogP contribution in [0.4, 0.5) is 17.1 Å². The molecule has 10 rings (SSSR count). The first-order chi connectivity index (χ1) is 28.2. The predicted octanol–water partition coefficient (Wildman–Crippen LogP) is 15.8. The molecule has 0 saturated heterocycles. The summed E-state index contributed by atoms with van der Waals surface area (Å²) in [5.74, 6) is 0. The summed E-state index contributed by atoms with van der Waals surface area (Å²) in [7, 11) is 0. The maximum absolute atomic E-state index is 2.34. The van der Waals surface area contributed by atoms with Crippen LogP contribution in [0.5, 0.6) is 0 Å². The Bertz CT molecular complexity index is 2880. The molecule has 0 radical (unpaired) electrons. The maximum atomic E-state index is 2.34. The number of hydrogen-bond acceptors (Lipinski definition) is 1. The zero-order valence-corrected chi connectivity index (χ0v) is 31.5. The molecule has 0 spiro atoms. The average Bonchev–Trinajstić information content (AvgIpc) is 3.30. The third-order valence-corrected chi connectivity index (χ3v) is 11.1. The van der Waals surface area contributed by atoms with Crippen LogP contribution in [0, 0.1) is 0 Å². The van der Waals surface area contributed by atoms with Crippen molar-refractivity contribution < 1.29 is 0 Å². The molecule has 0 atom stereocenters. The lowest BCUT2D eigenvalue weighted by atomic mass is 9.88. The van der Waals surface area contributed by atoms with Crippen molar-refractivity contribution in [2.24, 2.45) is 0 Å². The van der Waals surface area contributed by atoms with E-state index in [1.165, 1.54) is 77.2 Å². The second-order valence-corrected chi connectivity index (χ2v) is 14.6. The Balaban J connectivity index is 1.02. The van der Waals surface area contributed by atoms with Crippen molar-refractivity contribution in [3.8, 4) is 55.6 Å².